The van der Waals surface area contributed by atoms with Gasteiger partial charge in [-0.25, -0.2) is 5.84 Å². The van der Waals surface area contributed by atoms with Gasteiger partial charge in [0, 0.05) is 12.6 Å². The summed E-state index contributed by atoms with van der Waals surface area (Å²) >= 11 is 0. The third kappa shape index (κ3) is 5.34. The number of hydrogen-bond donors (Lipinski definition) is 2. The van der Waals surface area contributed by atoms with Crippen molar-refractivity contribution < 1.29 is 4.74 Å². The Bertz CT molecular complexity index is 426. The van der Waals surface area contributed by atoms with Crippen molar-refractivity contribution in [3.63, 3.8) is 0 Å². The molecule has 0 saturated carbocycles. The van der Waals surface area contributed by atoms with Crippen LogP contribution >= 0.6 is 0 Å². The number of nitrogens with zero attached hydrogens (tertiary/aromatic N) is 4. The van der Waals surface area contributed by atoms with Crippen molar-refractivity contribution in [1.82, 2.24) is 15.0 Å². The minimum Gasteiger partial charge on any atom is -0.461 e. The van der Waals surface area contributed by atoms with Gasteiger partial charge in [-0.1, -0.05) is 20.3 Å². The van der Waals surface area contributed by atoms with Gasteiger partial charge in [0.2, 0.25) is 11.9 Å². The molecule has 0 fully saturated rings. The van der Waals surface area contributed by atoms with Crippen molar-refractivity contribution in [1.29, 1.82) is 0 Å². The molecule has 1 unspecified atom stereocenters. The molecule has 0 saturated heterocycles. The van der Waals surface area contributed by atoms with Gasteiger partial charge in [-0.15, -0.1) is 0 Å². The van der Waals surface area contributed by atoms with Crippen molar-refractivity contribution in [3.05, 3.63) is 0 Å². The van der Waals surface area contributed by atoms with Crippen molar-refractivity contribution in [2.24, 2.45) is 5.84 Å². The second kappa shape index (κ2) is 8.61. The SMILES string of the molecule is CCCCN(c1nc(NN)nc(OC(C)C)n1)C(C)CC. The molecule has 0 amide bonds. The molecule has 120 valence electrons. The van der Waals surface area contributed by atoms with E-state index in [9.17, 15) is 0 Å². The molecule has 1 heterocycles. The summed E-state index contributed by atoms with van der Waals surface area (Å²) in [4.78, 5) is 15.1. The minimum absolute atomic E-state index is 0.00133. The summed E-state index contributed by atoms with van der Waals surface area (Å²) in [6, 6.07) is 0.643. The smallest absolute Gasteiger partial charge is 0.323 e. The van der Waals surface area contributed by atoms with Crippen LogP contribution in [0.1, 0.15) is 53.9 Å². The Morgan fingerprint density at radius 3 is 2.43 bits per heavy atom. The van der Waals surface area contributed by atoms with Crippen LogP contribution in [0.25, 0.3) is 0 Å². The molecule has 0 aliphatic carbocycles. The van der Waals surface area contributed by atoms with Crippen LogP contribution in [-0.4, -0.2) is 33.6 Å². The van der Waals surface area contributed by atoms with Crippen molar-refractivity contribution in [2.75, 3.05) is 16.9 Å². The van der Waals surface area contributed by atoms with E-state index < -0.39 is 0 Å². The summed E-state index contributed by atoms with van der Waals surface area (Å²) in [7, 11) is 0. The maximum Gasteiger partial charge on any atom is 0.323 e. The topological polar surface area (TPSA) is 89.2 Å². The van der Waals surface area contributed by atoms with Crippen LogP contribution in [-0.2, 0) is 0 Å². The van der Waals surface area contributed by atoms with Crippen LogP contribution < -0.4 is 20.9 Å². The van der Waals surface area contributed by atoms with Crippen LogP contribution in [0, 0.1) is 0 Å². The predicted octanol–water partition coefficient (Wildman–Crippen LogP) is 2.35. The maximum absolute atomic E-state index is 5.58. The zero-order valence-electron chi connectivity index (χ0n) is 13.8. The first-order valence-electron chi connectivity index (χ1n) is 7.67. The number of unbranched alkanes of at least 4 members (excludes halogenated alkanes) is 1. The maximum atomic E-state index is 5.58. The summed E-state index contributed by atoms with van der Waals surface area (Å²) in [5, 5.41) is 0. The average Bonchev–Trinajstić information content (AvgIpc) is 2.46. The molecule has 0 radical (unpaired) electrons. The molecular weight excluding hydrogens is 268 g/mol. The molecule has 7 heteroatoms. The van der Waals surface area contributed by atoms with Gasteiger partial charge >= 0.3 is 6.01 Å². The number of rotatable bonds is 9. The van der Waals surface area contributed by atoms with Gasteiger partial charge in [0.05, 0.1) is 6.10 Å². The number of aromatic nitrogens is 3. The van der Waals surface area contributed by atoms with Gasteiger partial charge < -0.3 is 9.64 Å². The number of nitrogens with two attached hydrogens (primary N) is 1. The Balaban J connectivity index is 3.09. The standard InChI is InChI=1S/C14H28N6O/c1-6-8-9-20(11(5)7-2)13-16-12(19-15)17-14(18-13)21-10(3)4/h10-11H,6-9,15H2,1-5H3,(H,16,17,18,19). The summed E-state index contributed by atoms with van der Waals surface area (Å²) in [6.07, 6.45) is 3.22. The van der Waals surface area contributed by atoms with E-state index in [1.807, 2.05) is 13.8 Å². The highest BCUT2D eigenvalue weighted by Crippen LogP contribution is 2.19. The van der Waals surface area contributed by atoms with E-state index in [0.717, 1.165) is 25.8 Å². The van der Waals surface area contributed by atoms with Crippen LogP contribution in [0.4, 0.5) is 11.9 Å². The molecule has 0 aromatic carbocycles. The number of hydrogen-bond acceptors (Lipinski definition) is 7. The van der Waals surface area contributed by atoms with Gasteiger partial charge in [-0.05, 0) is 33.6 Å². The zero-order chi connectivity index (χ0) is 15.8. The van der Waals surface area contributed by atoms with E-state index in [2.05, 4.69) is 46.0 Å². The van der Waals surface area contributed by atoms with E-state index >= 15 is 0 Å². The van der Waals surface area contributed by atoms with Crippen LogP contribution in [0.5, 0.6) is 6.01 Å². The van der Waals surface area contributed by atoms with E-state index in [1.54, 1.807) is 0 Å². The van der Waals surface area contributed by atoms with E-state index in [-0.39, 0.29) is 6.10 Å². The quantitative estimate of drug-likeness (QED) is 0.534. The Kier molecular flexibility index (Phi) is 7.14. The summed E-state index contributed by atoms with van der Waals surface area (Å²) in [6.45, 7) is 11.3. The first kappa shape index (κ1) is 17.4. The third-order valence-electron chi connectivity index (χ3n) is 3.21. The number of hydrazine groups is 1. The van der Waals surface area contributed by atoms with Gasteiger partial charge in [0.25, 0.3) is 0 Å². The molecule has 0 aliphatic rings. The largest absolute Gasteiger partial charge is 0.461 e. The van der Waals surface area contributed by atoms with Gasteiger partial charge in [-0.3, -0.25) is 5.43 Å². The molecule has 1 aromatic heterocycles. The van der Waals surface area contributed by atoms with E-state index in [1.165, 1.54) is 0 Å². The fourth-order valence-corrected chi connectivity index (χ4v) is 1.87. The normalized spacial score (nSPS) is 12.3. The van der Waals surface area contributed by atoms with Gasteiger partial charge in [0.1, 0.15) is 0 Å². The number of anilines is 2. The average molecular weight is 296 g/mol. The van der Waals surface area contributed by atoms with Crippen molar-refractivity contribution >= 4 is 11.9 Å². The fraction of sp³-hybridized carbons (Fsp3) is 0.786. The van der Waals surface area contributed by atoms with Crippen LogP contribution in [0.2, 0.25) is 0 Å². The lowest BCUT2D eigenvalue weighted by molar-refractivity contribution is 0.222. The lowest BCUT2D eigenvalue weighted by Crippen LogP contribution is -2.35. The second-order valence-electron chi connectivity index (χ2n) is 5.36. The Labute approximate surface area is 127 Å². The molecule has 21 heavy (non-hydrogen) atoms. The molecule has 3 N–H and O–H groups in total. The Hall–Kier alpha value is -1.63. The van der Waals surface area contributed by atoms with Crippen LogP contribution in [0.3, 0.4) is 0 Å². The third-order valence-corrected chi connectivity index (χ3v) is 3.21. The van der Waals surface area contributed by atoms with Crippen LogP contribution in [0.15, 0.2) is 0 Å². The first-order chi connectivity index (χ1) is 10.0. The molecular formula is C14H28N6O. The molecule has 0 aliphatic heterocycles. The molecule has 0 spiro atoms. The van der Waals surface area contributed by atoms with E-state index in [0.29, 0.717) is 23.9 Å². The Morgan fingerprint density at radius 1 is 1.19 bits per heavy atom. The molecule has 7 nitrogen and oxygen atoms in total. The Morgan fingerprint density at radius 2 is 1.90 bits per heavy atom. The lowest BCUT2D eigenvalue weighted by Gasteiger charge is -2.28. The summed E-state index contributed by atoms with van der Waals surface area (Å²) in [5.41, 5.74) is 2.48. The number of ether oxygens (including phenoxy) is 1. The molecule has 0 bridgehead atoms. The summed E-state index contributed by atoms with van der Waals surface area (Å²) < 4.78 is 5.58. The van der Waals surface area contributed by atoms with Gasteiger partial charge in [-0.2, -0.15) is 15.0 Å². The molecule has 1 rings (SSSR count). The molecule has 1 atom stereocenters. The number of nitrogen functional groups attached to an aromatic ring is 1. The highest BCUT2D eigenvalue weighted by molar-refractivity contribution is 5.38. The number of nitrogens with one attached hydrogen (secondary N) is 1. The predicted molar refractivity (Wildman–Crippen MR) is 85.4 cm³/mol. The zero-order valence-corrected chi connectivity index (χ0v) is 13.8. The lowest BCUT2D eigenvalue weighted by atomic mass is 10.2. The van der Waals surface area contributed by atoms with Crippen molar-refractivity contribution in [2.45, 2.75) is 66.0 Å². The summed E-state index contributed by atoms with van der Waals surface area (Å²) in [5.74, 6) is 6.38. The minimum atomic E-state index is -0.00133. The fourth-order valence-electron chi connectivity index (χ4n) is 1.87. The van der Waals surface area contributed by atoms with Gasteiger partial charge in [0.15, 0.2) is 0 Å². The van der Waals surface area contributed by atoms with E-state index in [4.69, 9.17) is 10.6 Å². The highest BCUT2D eigenvalue weighted by Gasteiger charge is 2.18. The van der Waals surface area contributed by atoms with Crippen molar-refractivity contribution in [3.8, 4) is 6.01 Å². The highest BCUT2D eigenvalue weighted by atomic mass is 16.5. The second-order valence-corrected chi connectivity index (χ2v) is 5.36. The monoisotopic (exact) mass is 296 g/mol. The first-order valence-corrected chi connectivity index (χ1v) is 7.67. The molecule has 1 aromatic rings.